The van der Waals surface area contributed by atoms with E-state index in [2.05, 4.69) is 10.3 Å². The summed E-state index contributed by atoms with van der Waals surface area (Å²) in [5.41, 5.74) is 6.18. The second-order valence-corrected chi connectivity index (χ2v) is 6.97. The Morgan fingerprint density at radius 2 is 1.88 bits per heavy atom. The van der Waals surface area contributed by atoms with Gasteiger partial charge in [-0.1, -0.05) is 18.2 Å². The van der Waals surface area contributed by atoms with Crippen LogP contribution in [0.15, 0.2) is 35.1 Å². The Kier molecular flexibility index (Phi) is 4.60. The van der Waals surface area contributed by atoms with E-state index in [1.54, 1.807) is 32.9 Å². The van der Waals surface area contributed by atoms with Gasteiger partial charge in [0.15, 0.2) is 0 Å². The Hall–Kier alpha value is -3.00. The molecule has 0 fully saturated rings. The number of para-hydroxylation sites is 1. The van der Waals surface area contributed by atoms with Crippen LogP contribution in [0.5, 0.6) is 0 Å². The first-order valence-corrected chi connectivity index (χ1v) is 8.81. The van der Waals surface area contributed by atoms with Gasteiger partial charge in [0, 0.05) is 5.69 Å². The molecule has 0 spiro atoms. The van der Waals surface area contributed by atoms with Crippen molar-refractivity contribution in [1.82, 2.24) is 9.55 Å². The Morgan fingerprint density at radius 1 is 1.23 bits per heavy atom. The molecule has 0 bridgehead atoms. The first-order chi connectivity index (χ1) is 12.3. The van der Waals surface area contributed by atoms with E-state index >= 15 is 0 Å². The van der Waals surface area contributed by atoms with Crippen LogP contribution >= 0.6 is 11.3 Å². The maximum Gasteiger partial charge on any atom is 0.266 e. The molecule has 0 aliphatic rings. The smallest absolute Gasteiger partial charge is 0.266 e. The van der Waals surface area contributed by atoms with Crippen LogP contribution in [-0.4, -0.2) is 21.4 Å². The minimum absolute atomic E-state index is 0.303. The summed E-state index contributed by atoms with van der Waals surface area (Å²) in [6.45, 7) is 4.89. The topological polar surface area (TPSA) is 107 Å². The minimum Gasteiger partial charge on any atom is -0.368 e. The summed E-state index contributed by atoms with van der Waals surface area (Å²) >= 11 is 1.16. The molecule has 26 heavy (non-hydrogen) atoms. The van der Waals surface area contributed by atoms with Crippen molar-refractivity contribution in [3.8, 4) is 0 Å². The largest absolute Gasteiger partial charge is 0.368 e. The van der Waals surface area contributed by atoms with Crippen LogP contribution in [0.1, 0.15) is 34.0 Å². The molecule has 3 rings (SSSR count). The fraction of sp³-hybridized carbons (Fsp3) is 0.222. The molecule has 3 aromatic rings. The van der Waals surface area contributed by atoms with Crippen molar-refractivity contribution >= 4 is 39.1 Å². The summed E-state index contributed by atoms with van der Waals surface area (Å²) < 4.78 is 1.27. The number of carbonyl (C=O) groups is 2. The first-order valence-electron chi connectivity index (χ1n) is 7.99. The van der Waals surface area contributed by atoms with Crippen molar-refractivity contribution < 1.29 is 9.59 Å². The summed E-state index contributed by atoms with van der Waals surface area (Å²) in [6, 6.07) is 8.25. The van der Waals surface area contributed by atoms with Crippen LogP contribution in [0.25, 0.3) is 10.2 Å². The molecule has 1 atom stereocenters. The SMILES string of the molecule is Cc1c(C(=O)Nc2ccccc2)sc2nc(C)n(C(C)C(N)=O)c(=O)c12. The number of thiophene rings is 1. The normalized spacial score (nSPS) is 12.1. The van der Waals surface area contributed by atoms with Crippen LogP contribution in [0.3, 0.4) is 0 Å². The van der Waals surface area contributed by atoms with Crippen LogP contribution in [0.2, 0.25) is 0 Å². The lowest BCUT2D eigenvalue weighted by Gasteiger charge is -2.14. The zero-order chi connectivity index (χ0) is 19.0. The highest BCUT2D eigenvalue weighted by Crippen LogP contribution is 2.28. The number of anilines is 1. The molecule has 134 valence electrons. The molecular weight excluding hydrogens is 352 g/mol. The number of nitrogens with two attached hydrogens (primary N) is 1. The molecule has 1 unspecified atom stereocenters. The third-order valence-corrected chi connectivity index (χ3v) is 5.39. The monoisotopic (exact) mass is 370 g/mol. The highest BCUT2D eigenvalue weighted by atomic mass is 32.1. The number of benzene rings is 1. The molecular formula is C18H18N4O3S. The van der Waals surface area contributed by atoms with Gasteiger partial charge in [0.25, 0.3) is 11.5 Å². The first kappa shape index (κ1) is 17.8. The number of primary amides is 1. The van der Waals surface area contributed by atoms with Gasteiger partial charge in [-0.3, -0.25) is 19.0 Å². The maximum absolute atomic E-state index is 12.9. The molecule has 2 aromatic heterocycles. The molecule has 2 heterocycles. The molecule has 2 amide bonds. The van der Waals surface area contributed by atoms with E-state index in [-0.39, 0.29) is 11.5 Å². The maximum atomic E-state index is 12.9. The molecule has 8 heteroatoms. The van der Waals surface area contributed by atoms with Crippen molar-refractivity contribution in [2.24, 2.45) is 5.73 Å². The van der Waals surface area contributed by atoms with Crippen molar-refractivity contribution in [3.63, 3.8) is 0 Å². The fourth-order valence-corrected chi connectivity index (χ4v) is 3.92. The molecule has 0 radical (unpaired) electrons. The van der Waals surface area contributed by atoms with E-state index in [0.29, 0.717) is 32.2 Å². The van der Waals surface area contributed by atoms with Crippen molar-refractivity contribution in [2.75, 3.05) is 5.32 Å². The number of amides is 2. The van der Waals surface area contributed by atoms with E-state index in [0.717, 1.165) is 11.3 Å². The van der Waals surface area contributed by atoms with E-state index in [9.17, 15) is 14.4 Å². The average molecular weight is 370 g/mol. The van der Waals surface area contributed by atoms with Gasteiger partial charge in [0.2, 0.25) is 5.91 Å². The summed E-state index contributed by atoms with van der Waals surface area (Å²) in [7, 11) is 0. The highest BCUT2D eigenvalue weighted by molar-refractivity contribution is 7.20. The van der Waals surface area contributed by atoms with Gasteiger partial charge in [-0.2, -0.15) is 0 Å². The number of hydrogen-bond acceptors (Lipinski definition) is 5. The molecule has 1 aromatic carbocycles. The van der Waals surface area contributed by atoms with Crippen molar-refractivity contribution in [2.45, 2.75) is 26.8 Å². The van der Waals surface area contributed by atoms with E-state index in [1.165, 1.54) is 4.57 Å². The lowest BCUT2D eigenvalue weighted by Crippen LogP contribution is -2.34. The molecule has 3 N–H and O–H groups in total. The lowest BCUT2D eigenvalue weighted by atomic mass is 10.2. The standard InChI is InChI=1S/C18H18N4O3S/c1-9-13-17(20-11(3)22(18(13)25)10(2)15(19)23)26-14(9)16(24)21-12-7-5-4-6-8-12/h4-8,10H,1-3H3,(H2,19,23)(H,21,24). The fourth-order valence-electron chi connectivity index (χ4n) is 2.81. The predicted octanol–water partition coefficient (Wildman–Crippen LogP) is 2.37. The third kappa shape index (κ3) is 2.99. The van der Waals surface area contributed by atoms with E-state index in [1.807, 2.05) is 18.2 Å². The minimum atomic E-state index is -0.819. The third-order valence-electron chi connectivity index (χ3n) is 4.21. The van der Waals surface area contributed by atoms with Crippen LogP contribution in [0, 0.1) is 13.8 Å². The van der Waals surface area contributed by atoms with Crippen LogP contribution in [-0.2, 0) is 4.79 Å². The van der Waals surface area contributed by atoms with Crippen LogP contribution in [0.4, 0.5) is 5.69 Å². The predicted molar refractivity (Wildman–Crippen MR) is 102 cm³/mol. The van der Waals surface area contributed by atoms with Gasteiger partial charge in [0.1, 0.15) is 16.7 Å². The molecule has 0 aliphatic heterocycles. The summed E-state index contributed by atoms with van der Waals surface area (Å²) in [6.07, 6.45) is 0. The second kappa shape index (κ2) is 6.72. The Balaban J connectivity index is 2.11. The quantitative estimate of drug-likeness (QED) is 0.735. The second-order valence-electron chi connectivity index (χ2n) is 5.97. The van der Waals surface area contributed by atoms with Gasteiger partial charge in [0.05, 0.1) is 10.3 Å². The molecule has 7 nitrogen and oxygen atoms in total. The number of aryl methyl sites for hydroxylation is 2. The molecule has 0 saturated heterocycles. The Morgan fingerprint density at radius 3 is 2.50 bits per heavy atom. The summed E-state index contributed by atoms with van der Waals surface area (Å²) in [4.78, 5) is 42.3. The van der Waals surface area contributed by atoms with Gasteiger partial charge in [-0.25, -0.2) is 4.98 Å². The van der Waals surface area contributed by atoms with Crippen LogP contribution < -0.4 is 16.6 Å². The van der Waals surface area contributed by atoms with Gasteiger partial charge in [-0.05, 0) is 38.5 Å². The van der Waals surface area contributed by atoms with Gasteiger partial charge >= 0.3 is 0 Å². The summed E-state index contributed by atoms with van der Waals surface area (Å²) in [5.74, 6) is -0.542. The number of aromatic nitrogens is 2. The Bertz CT molecular complexity index is 1070. The Labute approximate surface area is 153 Å². The summed E-state index contributed by atoms with van der Waals surface area (Å²) in [5, 5.41) is 3.15. The number of rotatable bonds is 4. The highest BCUT2D eigenvalue weighted by Gasteiger charge is 2.23. The van der Waals surface area contributed by atoms with E-state index in [4.69, 9.17) is 5.73 Å². The number of fused-ring (bicyclic) bond motifs is 1. The van der Waals surface area contributed by atoms with Crippen molar-refractivity contribution in [3.05, 3.63) is 57.0 Å². The molecule has 0 aliphatic carbocycles. The van der Waals surface area contributed by atoms with Gasteiger partial charge < -0.3 is 11.1 Å². The number of nitrogens with zero attached hydrogens (tertiary/aromatic N) is 2. The zero-order valence-electron chi connectivity index (χ0n) is 14.6. The van der Waals surface area contributed by atoms with Gasteiger partial charge in [-0.15, -0.1) is 11.3 Å². The number of carbonyl (C=O) groups excluding carboxylic acids is 2. The number of nitrogens with one attached hydrogen (secondary N) is 1. The zero-order valence-corrected chi connectivity index (χ0v) is 15.4. The van der Waals surface area contributed by atoms with Crippen molar-refractivity contribution in [1.29, 1.82) is 0 Å². The number of hydrogen-bond donors (Lipinski definition) is 2. The average Bonchev–Trinajstić information content (AvgIpc) is 2.92. The van der Waals surface area contributed by atoms with E-state index < -0.39 is 11.9 Å². The molecule has 0 saturated carbocycles. The lowest BCUT2D eigenvalue weighted by molar-refractivity contribution is -0.120.